The van der Waals surface area contributed by atoms with E-state index in [0.717, 1.165) is 82.1 Å². The molecule has 0 bridgehead atoms. The monoisotopic (exact) mass is 744 g/mol. The van der Waals surface area contributed by atoms with Crippen molar-refractivity contribution in [3.8, 4) is 39.3 Å². The predicted octanol–water partition coefficient (Wildman–Crippen LogP) is 12.6. The molecule has 1 atom stereocenters. The van der Waals surface area contributed by atoms with Gasteiger partial charge in [0.1, 0.15) is 5.82 Å². The van der Waals surface area contributed by atoms with Crippen LogP contribution in [-0.4, -0.2) is 9.55 Å². The van der Waals surface area contributed by atoms with E-state index in [0.29, 0.717) is 0 Å². The molecule has 11 aromatic rings. The van der Waals surface area contributed by atoms with Crippen LogP contribution in [0, 0.1) is 0 Å². The van der Waals surface area contributed by atoms with Gasteiger partial charge in [0.2, 0.25) is 0 Å². The molecule has 0 saturated heterocycles. The summed E-state index contributed by atoms with van der Waals surface area (Å²) in [6.45, 7) is 0. The summed E-state index contributed by atoms with van der Waals surface area (Å²) in [5.41, 5.74) is 8.08. The average molecular weight is 745 g/mol. The van der Waals surface area contributed by atoms with Gasteiger partial charge in [-0.05, 0) is 95.7 Å². The van der Waals surface area contributed by atoms with Crippen LogP contribution in [0.5, 0.6) is 0 Å². The fraction of sp³-hybridized carbons (Fsp3) is 0. The number of fused-ring (bicyclic) bond motifs is 6. The van der Waals surface area contributed by atoms with E-state index in [1.165, 1.54) is 27.3 Å². The molecule has 1 aliphatic rings. The minimum absolute atomic E-state index is 0.812. The van der Waals surface area contributed by atoms with Gasteiger partial charge in [0.15, 0.2) is 7.14 Å². The first-order valence-electron chi connectivity index (χ1n) is 19.4. The molecule has 0 spiro atoms. The summed E-state index contributed by atoms with van der Waals surface area (Å²) < 4.78 is 19.1. The van der Waals surface area contributed by atoms with Crippen LogP contribution in [0.4, 0.5) is 0 Å². The Balaban J connectivity index is 1.22. The summed E-state index contributed by atoms with van der Waals surface area (Å²) in [5, 5.41) is 11.8. The third kappa shape index (κ3) is 4.61. The molecule has 1 aromatic heterocycles. The highest BCUT2D eigenvalue weighted by Gasteiger charge is 2.42. The van der Waals surface area contributed by atoms with Gasteiger partial charge in [-0.1, -0.05) is 170 Å². The van der Waals surface area contributed by atoms with Crippen LogP contribution in [0.3, 0.4) is 0 Å². The number of aromatic nitrogens is 2. The number of hydrogen-bond donors (Lipinski definition) is 0. The molecule has 0 aliphatic carbocycles. The van der Waals surface area contributed by atoms with E-state index in [9.17, 15) is 0 Å². The van der Waals surface area contributed by atoms with Gasteiger partial charge in [0.25, 0.3) is 0 Å². The van der Waals surface area contributed by atoms with E-state index >= 15 is 4.57 Å². The lowest BCUT2D eigenvalue weighted by Gasteiger charge is -2.32. The highest BCUT2D eigenvalue weighted by atomic mass is 31.2. The van der Waals surface area contributed by atoms with Gasteiger partial charge in [0.05, 0.1) is 22.0 Å². The van der Waals surface area contributed by atoms with Gasteiger partial charge in [-0.15, -0.1) is 0 Å². The highest BCUT2D eigenvalue weighted by molar-refractivity contribution is 7.86. The molecule has 4 heteroatoms. The average Bonchev–Trinajstić information content (AvgIpc) is 3.67. The maximum absolute atomic E-state index is 16.8. The van der Waals surface area contributed by atoms with E-state index in [1.54, 1.807) is 0 Å². The lowest BCUT2D eigenvalue weighted by atomic mass is 9.85. The number of para-hydroxylation sites is 1. The summed E-state index contributed by atoms with van der Waals surface area (Å²) in [6.07, 6.45) is 0. The van der Waals surface area contributed by atoms with Crippen LogP contribution < -0.4 is 15.9 Å². The molecule has 0 fully saturated rings. The number of nitrogens with zero attached hydrogens (tertiary/aromatic N) is 2. The van der Waals surface area contributed by atoms with Crippen molar-refractivity contribution >= 4 is 77.2 Å². The van der Waals surface area contributed by atoms with Crippen molar-refractivity contribution in [1.29, 1.82) is 0 Å². The zero-order valence-corrected chi connectivity index (χ0v) is 31.7. The largest absolute Gasteiger partial charge is 0.308 e. The van der Waals surface area contributed by atoms with Gasteiger partial charge in [0, 0.05) is 16.2 Å². The van der Waals surface area contributed by atoms with E-state index < -0.39 is 7.14 Å². The molecule has 0 N–H and O–H groups in total. The van der Waals surface area contributed by atoms with Crippen LogP contribution in [0.1, 0.15) is 0 Å². The maximum atomic E-state index is 16.8. The molecule has 3 nitrogen and oxygen atoms in total. The van der Waals surface area contributed by atoms with Gasteiger partial charge in [-0.25, -0.2) is 4.98 Å². The first kappa shape index (κ1) is 32.2. The number of imidazole rings is 1. The summed E-state index contributed by atoms with van der Waals surface area (Å²) in [4.78, 5) is 5.33. The highest BCUT2D eigenvalue weighted by Crippen LogP contribution is 2.54. The zero-order valence-electron chi connectivity index (χ0n) is 30.8. The summed E-state index contributed by atoms with van der Waals surface area (Å²) in [6, 6.07) is 70.5. The molecule has 57 heavy (non-hydrogen) atoms. The summed E-state index contributed by atoms with van der Waals surface area (Å²) in [5.74, 6) is 0.835. The predicted molar refractivity (Wildman–Crippen MR) is 240 cm³/mol. The Morgan fingerprint density at radius 1 is 0.439 bits per heavy atom. The van der Waals surface area contributed by atoms with Gasteiger partial charge >= 0.3 is 0 Å². The smallest absolute Gasteiger partial charge is 0.175 e. The Kier molecular flexibility index (Phi) is 6.90. The maximum Gasteiger partial charge on any atom is 0.175 e. The lowest BCUT2D eigenvalue weighted by Crippen LogP contribution is -2.34. The van der Waals surface area contributed by atoms with E-state index in [1.807, 2.05) is 36.4 Å². The molecule has 266 valence electrons. The fourth-order valence-electron chi connectivity index (χ4n) is 9.46. The third-order valence-electron chi connectivity index (χ3n) is 11.9. The molecule has 12 rings (SSSR count). The quantitative estimate of drug-likeness (QED) is 0.133. The van der Waals surface area contributed by atoms with Crippen LogP contribution in [0.2, 0.25) is 0 Å². The number of hydrogen-bond acceptors (Lipinski definition) is 2. The summed E-state index contributed by atoms with van der Waals surface area (Å²) in [7, 11) is -3.50. The molecule has 0 radical (unpaired) electrons. The van der Waals surface area contributed by atoms with E-state index in [-0.39, 0.29) is 0 Å². The minimum atomic E-state index is -3.50. The van der Waals surface area contributed by atoms with Crippen LogP contribution in [0.15, 0.2) is 200 Å². The molecular formula is C53H33N2OP. The standard InChI is InChI=1S/C53H33N2OP/c56-57(40-18-2-1-3-19-40)48-27-13-25-46-51(48)55(53(54-46)39-31-29-35-15-5-7-17-37(35)33-39)47-26-12-24-45(52(47)57)50-43-22-10-8-20-41(43)49(42-21-9-11-23-44(42)50)38-30-28-34-14-4-6-16-36(34)32-38/h1-33H. The minimum Gasteiger partial charge on any atom is -0.308 e. The lowest BCUT2D eigenvalue weighted by molar-refractivity contribution is 0.592. The van der Waals surface area contributed by atoms with Crippen LogP contribution in [-0.2, 0) is 4.57 Å². The molecule has 1 unspecified atom stereocenters. The first-order chi connectivity index (χ1) is 28.2. The molecule has 10 aromatic carbocycles. The van der Waals surface area contributed by atoms with Crippen molar-refractivity contribution in [1.82, 2.24) is 9.55 Å². The van der Waals surface area contributed by atoms with Gasteiger partial charge < -0.3 is 4.57 Å². The summed E-state index contributed by atoms with van der Waals surface area (Å²) >= 11 is 0. The van der Waals surface area contributed by atoms with Crippen molar-refractivity contribution in [3.05, 3.63) is 200 Å². The molecule has 1 aliphatic heterocycles. The normalized spacial score (nSPS) is 14.8. The number of rotatable bonds is 4. The Morgan fingerprint density at radius 3 is 1.65 bits per heavy atom. The van der Waals surface area contributed by atoms with Crippen LogP contribution in [0.25, 0.3) is 93.5 Å². The van der Waals surface area contributed by atoms with Crippen molar-refractivity contribution in [2.24, 2.45) is 0 Å². The Hall–Kier alpha value is -7.06. The van der Waals surface area contributed by atoms with Crippen LogP contribution >= 0.6 is 7.14 Å². The SMILES string of the molecule is O=P1(c2ccccc2)c2c(-c3c4ccccc4c(-c4ccc5ccccc5c4)c4ccccc34)cccc2-n2c(-c3ccc4ccccc4c3)nc3cccc1c32. The van der Waals surface area contributed by atoms with Crippen molar-refractivity contribution < 1.29 is 4.57 Å². The van der Waals surface area contributed by atoms with E-state index in [4.69, 9.17) is 4.98 Å². The Labute approximate surface area is 329 Å². The second-order valence-electron chi connectivity index (χ2n) is 15.0. The molecular weight excluding hydrogens is 712 g/mol. The Bertz CT molecular complexity index is 3450. The van der Waals surface area contributed by atoms with Crippen molar-refractivity contribution in [2.45, 2.75) is 0 Å². The Morgan fingerprint density at radius 2 is 0.982 bits per heavy atom. The number of benzene rings is 10. The second-order valence-corrected chi connectivity index (χ2v) is 17.7. The van der Waals surface area contributed by atoms with Gasteiger partial charge in [-0.3, -0.25) is 4.57 Å². The third-order valence-corrected chi connectivity index (χ3v) is 15.1. The van der Waals surface area contributed by atoms with Gasteiger partial charge in [-0.2, -0.15) is 0 Å². The fourth-order valence-corrected chi connectivity index (χ4v) is 12.7. The molecule has 2 heterocycles. The zero-order chi connectivity index (χ0) is 37.7. The molecule has 0 saturated carbocycles. The molecule has 0 amide bonds. The van der Waals surface area contributed by atoms with E-state index in [2.05, 4.69) is 168 Å². The second kappa shape index (κ2) is 12.2. The van der Waals surface area contributed by atoms with Crippen molar-refractivity contribution in [3.63, 3.8) is 0 Å². The topological polar surface area (TPSA) is 34.9 Å². The first-order valence-corrected chi connectivity index (χ1v) is 21.1. The van der Waals surface area contributed by atoms with Crippen molar-refractivity contribution in [2.75, 3.05) is 0 Å².